The van der Waals surface area contributed by atoms with E-state index in [0.717, 1.165) is 12.8 Å². The Bertz CT molecular complexity index is 833. The van der Waals surface area contributed by atoms with Gasteiger partial charge in [-0.15, -0.1) is 0 Å². The first-order chi connectivity index (χ1) is 11.0. The lowest BCUT2D eigenvalue weighted by Crippen LogP contribution is -2.32. The molecule has 1 aliphatic rings. The molecule has 23 heavy (non-hydrogen) atoms. The third-order valence-corrected chi connectivity index (χ3v) is 5.38. The van der Waals surface area contributed by atoms with Crippen molar-refractivity contribution in [3.8, 4) is 11.8 Å². The number of halogens is 1. The smallest absolute Gasteiger partial charge is 0.261 e. The van der Waals surface area contributed by atoms with E-state index in [1.807, 2.05) is 24.3 Å². The number of hydrogen-bond acceptors (Lipinski definition) is 4. The highest BCUT2D eigenvalue weighted by atomic mass is 35.7. The molecule has 0 aromatic heterocycles. The summed E-state index contributed by atoms with van der Waals surface area (Å²) in [5.41, 5.74) is 1.88. The molecule has 2 aromatic rings. The van der Waals surface area contributed by atoms with Crippen molar-refractivity contribution in [2.45, 2.75) is 29.8 Å². The molecule has 6 heteroatoms. The Morgan fingerprint density at radius 3 is 2.17 bits per heavy atom. The van der Waals surface area contributed by atoms with Gasteiger partial charge in [0.1, 0.15) is 5.75 Å². The highest BCUT2D eigenvalue weighted by Crippen LogP contribution is 2.39. The van der Waals surface area contributed by atoms with Crippen LogP contribution in [-0.4, -0.2) is 14.5 Å². The third kappa shape index (κ3) is 3.66. The van der Waals surface area contributed by atoms with Crippen LogP contribution in [0.5, 0.6) is 5.75 Å². The van der Waals surface area contributed by atoms with Gasteiger partial charge in [-0.25, -0.2) is 8.42 Å². The molecule has 0 saturated heterocycles. The zero-order chi connectivity index (χ0) is 16.4. The van der Waals surface area contributed by atoms with Crippen molar-refractivity contribution in [2.24, 2.45) is 0 Å². The normalized spacial score (nSPS) is 20.3. The van der Waals surface area contributed by atoms with Crippen molar-refractivity contribution in [2.75, 3.05) is 0 Å². The number of benzene rings is 2. The van der Waals surface area contributed by atoms with Gasteiger partial charge in [-0.05, 0) is 60.7 Å². The average molecular weight is 348 g/mol. The van der Waals surface area contributed by atoms with E-state index in [4.69, 9.17) is 20.7 Å². The Morgan fingerprint density at radius 1 is 1.04 bits per heavy atom. The molecule has 0 unspecified atom stereocenters. The number of hydrogen-bond donors (Lipinski definition) is 0. The summed E-state index contributed by atoms with van der Waals surface area (Å²) in [5, 5.41) is 8.80. The van der Waals surface area contributed by atoms with Crippen molar-refractivity contribution in [1.29, 1.82) is 5.26 Å². The van der Waals surface area contributed by atoms with Crippen LogP contribution in [0.3, 0.4) is 0 Å². The van der Waals surface area contributed by atoms with E-state index in [1.165, 1.54) is 17.7 Å². The van der Waals surface area contributed by atoms with Crippen LogP contribution in [0.15, 0.2) is 53.4 Å². The van der Waals surface area contributed by atoms with Crippen LogP contribution in [0.4, 0.5) is 0 Å². The fraction of sp³-hybridized carbons (Fsp3) is 0.235. The summed E-state index contributed by atoms with van der Waals surface area (Å²) in [5.74, 6) is 1.08. The number of rotatable bonds is 4. The molecule has 1 aliphatic carbocycles. The van der Waals surface area contributed by atoms with Crippen LogP contribution in [0.25, 0.3) is 0 Å². The van der Waals surface area contributed by atoms with Gasteiger partial charge in [-0.1, -0.05) is 12.1 Å². The monoisotopic (exact) mass is 347 g/mol. The number of nitriles is 1. The SMILES string of the molecule is N#Cc1ccc(C2CC(Oc3ccc(S(=O)(=O)Cl)cc3)C2)cc1. The molecule has 0 amide bonds. The molecule has 0 bridgehead atoms. The predicted octanol–water partition coefficient (Wildman–Crippen LogP) is 3.81. The van der Waals surface area contributed by atoms with Crippen LogP contribution < -0.4 is 4.74 Å². The summed E-state index contributed by atoms with van der Waals surface area (Å²) in [6.07, 6.45) is 1.93. The first-order valence-corrected chi connectivity index (χ1v) is 9.48. The molecule has 0 heterocycles. The van der Waals surface area contributed by atoms with Gasteiger partial charge in [-0.3, -0.25) is 0 Å². The summed E-state index contributed by atoms with van der Waals surface area (Å²) in [7, 11) is 1.58. The Labute approximate surface area is 139 Å². The molecule has 3 rings (SSSR count). The highest BCUT2D eigenvalue weighted by molar-refractivity contribution is 8.13. The predicted molar refractivity (Wildman–Crippen MR) is 87.0 cm³/mol. The minimum Gasteiger partial charge on any atom is -0.490 e. The van der Waals surface area contributed by atoms with Gasteiger partial charge in [0.05, 0.1) is 22.6 Å². The molecule has 2 aromatic carbocycles. The molecule has 4 nitrogen and oxygen atoms in total. The van der Waals surface area contributed by atoms with E-state index in [9.17, 15) is 8.42 Å². The Balaban J connectivity index is 1.56. The van der Waals surface area contributed by atoms with E-state index in [2.05, 4.69) is 6.07 Å². The van der Waals surface area contributed by atoms with Crippen molar-refractivity contribution < 1.29 is 13.2 Å². The molecule has 118 valence electrons. The maximum Gasteiger partial charge on any atom is 0.261 e. The molecule has 0 radical (unpaired) electrons. The molecule has 1 saturated carbocycles. The quantitative estimate of drug-likeness (QED) is 0.789. The van der Waals surface area contributed by atoms with Gasteiger partial charge < -0.3 is 4.74 Å². The zero-order valence-electron chi connectivity index (χ0n) is 12.1. The van der Waals surface area contributed by atoms with Crippen LogP contribution in [0, 0.1) is 11.3 Å². The van der Waals surface area contributed by atoms with Crippen LogP contribution >= 0.6 is 10.7 Å². The van der Waals surface area contributed by atoms with Crippen molar-refractivity contribution in [3.05, 3.63) is 59.7 Å². The van der Waals surface area contributed by atoms with E-state index in [1.54, 1.807) is 12.1 Å². The average Bonchev–Trinajstić information content (AvgIpc) is 2.50. The Hall–Kier alpha value is -2.03. The number of ether oxygens (including phenoxy) is 1. The summed E-state index contributed by atoms with van der Waals surface area (Å²) < 4.78 is 28.2. The first-order valence-electron chi connectivity index (χ1n) is 7.17. The summed E-state index contributed by atoms with van der Waals surface area (Å²) in [6.45, 7) is 0. The molecule has 0 aliphatic heterocycles. The molecule has 1 fully saturated rings. The minimum atomic E-state index is -3.70. The van der Waals surface area contributed by atoms with Gasteiger partial charge in [-0.2, -0.15) is 5.26 Å². The second kappa shape index (κ2) is 6.23. The van der Waals surface area contributed by atoms with Crippen LogP contribution in [0.2, 0.25) is 0 Å². The van der Waals surface area contributed by atoms with Gasteiger partial charge >= 0.3 is 0 Å². The summed E-state index contributed by atoms with van der Waals surface area (Å²) in [6, 6.07) is 15.8. The lowest BCUT2D eigenvalue weighted by Gasteiger charge is -2.35. The van der Waals surface area contributed by atoms with Crippen molar-refractivity contribution in [1.82, 2.24) is 0 Å². The molecule has 0 N–H and O–H groups in total. The third-order valence-electron chi connectivity index (χ3n) is 4.01. The van der Waals surface area contributed by atoms with Gasteiger partial charge in [0, 0.05) is 10.7 Å². The maximum absolute atomic E-state index is 11.2. The lowest BCUT2D eigenvalue weighted by molar-refractivity contribution is 0.0985. The van der Waals surface area contributed by atoms with E-state index in [0.29, 0.717) is 17.2 Å². The molecular formula is C17H14ClNO3S. The second-order valence-corrected chi connectivity index (χ2v) is 8.12. The molecule has 0 spiro atoms. The Kier molecular flexibility index (Phi) is 4.29. The minimum absolute atomic E-state index is 0.0654. The zero-order valence-corrected chi connectivity index (χ0v) is 13.7. The van der Waals surface area contributed by atoms with Gasteiger partial charge in [0.2, 0.25) is 0 Å². The Morgan fingerprint density at radius 2 is 1.65 bits per heavy atom. The topological polar surface area (TPSA) is 67.2 Å². The summed E-state index contributed by atoms with van der Waals surface area (Å²) in [4.78, 5) is 0.0654. The van der Waals surface area contributed by atoms with Gasteiger partial charge in [0.25, 0.3) is 9.05 Å². The highest BCUT2D eigenvalue weighted by Gasteiger charge is 2.32. The first kappa shape index (κ1) is 15.9. The van der Waals surface area contributed by atoms with Crippen molar-refractivity contribution >= 4 is 19.7 Å². The number of nitrogens with zero attached hydrogens (tertiary/aromatic N) is 1. The van der Waals surface area contributed by atoms with E-state index >= 15 is 0 Å². The fourth-order valence-electron chi connectivity index (χ4n) is 2.64. The van der Waals surface area contributed by atoms with E-state index in [-0.39, 0.29) is 11.0 Å². The molecule has 0 atom stereocenters. The fourth-order valence-corrected chi connectivity index (χ4v) is 3.41. The van der Waals surface area contributed by atoms with Crippen molar-refractivity contribution in [3.63, 3.8) is 0 Å². The van der Waals surface area contributed by atoms with E-state index < -0.39 is 9.05 Å². The molecular weight excluding hydrogens is 334 g/mol. The lowest BCUT2D eigenvalue weighted by atomic mass is 9.77. The summed E-state index contributed by atoms with van der Waals surface area (Å²) >= 11 is 0. The largest absolute Gasteiger partial charge is 0.490 e. The maximum atomic E-state index is 11.2. The van der Waals surface area contributed by atoms with Crippen LogP contribution in [0.1, 0.15) is 29.9 Å². The second-order valence-electron chi connectivity index (χ2n) is 5.55. The van der Waals surface area contributed by atoms with Gasteiger partial charge in [0.15, 0.2) is 0 Å². The van der Waals surface area contributed by atoms with Crippen LogP contribution in [-0.2, 0) is 9.05 Å². The standard InChI is InChI=1S/C17H14ClNO3S/c18-23(20,21)17-7-5-15(6-8-17)22-16-9-14(10-16)13-3-1-12(11-19)2-4-13/h1-8,14,16H,9-10H2.